The van der Waals surface area contributed by atoms with E-state index in [1.54, 1.807) is 14.2 Å². The smallest absolute Gasteiger partial charge is 0.307 e. The molecule has 5 nitrogen and oxygen atoms in total. The van der Waals surface area contributed by atoms with Gasteiger partial charge in [-0.3, -0.25) is 4.79 Å². The highest BCUT2D eigenvalue weighted by Gasteiger charge is 2.12. The summed E-state index contributed by atoms with van der Waals surface area (Å²) < 4.78 is 16.5. The molecule has 144 valence electrons. The Balaban J connectivity index is 1.90. The fourth-order valence-electron chi connectivity index (χ4n) is 2.95. The molecule has 0 saturated carbocycles. The molecular weight excluding hydrogens is 356 g/mol. The Morgan fingerprint density at radius 2 is 1.46 bits per heavy atom. The summed E-state index contributed by atoms with van der Waals surface area (Å²) in [5.41, 5.74) is 3.42. The summed E-state index contributed by atoms with van der Waals surface area (Å²) in [5.74, 6) is 0.911. The van der Waals surface area contributed by atoms with Gasteiger partial charge in [0.1, 0.15) is 12.4 Å². The summed E-state index contributed by atoms with van der Waals surface area (Å²) in [5, 5.41) is 9.30. The van der Waals surface area contributed by atoms with Gasteiger partial charge in [-0.15, -0.1) is 0 Å². The van der Waals surface area contributed by atoms with Crippen LogP contribution in [0.1, 0.15) is 11.1 Å². The molecule has 0 saturated heterocycles. The Hall–Kier alpha value is -3.47. The molecule has 28 heavy (non-hydrogen) atoms. The van der Waals surface area contributed by atoms with Gasteiger partial charge in [-0.05, 0) is 41.0 Å². The van der Waals surface area contributed by atoms with Crippen molar-refractivity contribution < 1.29 is 24.1 Å². The third kappa shape index (κ3) is 4.62. The Bertz CT molecular complexity index is 950. The first-order valence-corrected chi connectivity index (χ1v) is 8.84. The van der Waals surface area contributed by atoms with Crippen LogP contribution in [0.25, 0.3) is 11.1 Å². The standard InChI is InChI=1S/C23H22O5/c1-26-21-11-9-18(13-22(21)27-2)17-8-10-20(19(12-17)14-23(24)25)28-15-16-6-4-3-5-7-16/h3-13H,14-15H2,1-2H3,(H,24,25). The van der Waals surface area contributed by atoms with Crippen LogP contribution in [-0.2, 0) is 17.8 Å². The molecule has 0 aliphatic carbocycles. The van der Waals surface area contributed by atoms with Crippen molar-refractivity contribution >= 4 is 5.97 Å². The zero-order valence-corrected chi connectivity index (χ0v) is 15.8. The van der Waals surface area contributed by atoms with E-state index in [0.717, 1.165) is 16.7 Å². The molecule has 0 aliphatic rings. The van der Waals surface area contributed by atoms with E-state index in [-0.39, 0.29) is 6.42 Å². The maximum Gasteiger partial charge on any atom is 0.307 e. The summed E-state index contributed by atoms with van der Waals surface area (Å²) in [6, 6.07) is 20.9. The molecule has 0 aliphatic heterocycles. The van der Waals surface area contributed by atoms with Gasteiger partial charge < -0.3 is 19.3 Å². The molecule has 0 radical (unpaired) electrons. The number of carboxylic acid groups (broad SMARTS) is 1. The minimum atomic E-state index is -0.908. The van der Waals surface area contributed by atoms with Crippen molar-refractivity contribution in [2.45, 2.75) is 13.0 Å². The van der Waals surface area contributed by atoms with Crippen molar-refractivity contribution in [3.8, 4) is 28.4 Å². The Labute approximate surface area is 164 Å². The lowest BCUT2D eigenvalue weighted by molar-refractivity contribution is -0.136. The average molecular weight is 378 g/mol. The van der Waals surface area contributed by atoms with Crippen molar-refractivity contribution in [2.75, 3.05) is 14.2 Å². The molecule has 0 spiro atoms. The second kappa shape index (κ2) is 8.95. The van der Waals surface area contributed by atoms with E-state index in [1.165, 1.54) is 0 Å². The maximum absolute atomic E-state index is 11.3. The molecule has 3 aromatic rings. The number of rotatable bonds is 8. The third-order valence-corrected chi connectivity index (χ3v) is 4.36. The van der Waals surface area contributed by atoms with Crippen LogP contribution in [-0.4, -0.2) is 25.3 Å². The molecule has 0 aromatic heterocycles. The van der Waals surface area contributed by atoms with E-state index < -0.39 is 5.97 Å². The molecule has 0 bridgehead atoms. The molecule has 0 atom stereocenters. The van der Waals surface area contributed by atoms with Gasteiger partial charge in [0.15, 0.2) is 11.5 Å². The number of ether oxygens (including phenoxy) is 3. The molecule has 0 fully saturated rings. The Morgan fingerprint density at radius 1 is 0.821 bits per heavy atom. The second-order valence-corrected chi connectivity index (χ2v) is 6.24. The lowest BCUT2D eigenvalue weighted by atomic mass is 10.0. The molecular formula is C23H22O5. The van der Waals surface area contributed by atoms with Crippen LogP contribution >= 0.6 is 0 Å². The molecule has 3 rings (SSSR count). The summed E-state index contributed by atoms with van der Waals surface area (Å²) in [6.07, 6.45) is -0.120. The van der Waals surface area contributed by atoms with E-state index in [0.29, 0.717) is 29.4 Å². The quantitative estimate of drug-likeness (QED) is 0.622. The van der Waals surface area contributed by atoms with Crippen LogP contribution in [0.15, 0.2) is 66.7 Å². The number of methoxy groups -OCH3 is 2. The highest BCUT2D eigenvalue weighted by molar-refractivity contribution is 5.74. The Kier molecular flexibility index (Phi) is 6.17. The fraction of sp³-hybridized carbons (Fsp3) is 0.174. The molecule has 5 heteroatoms. The highest BCUT2D eigenvalue weighted by Crippen LogP contribution is 2.34. The third-order valence-electron chi connectivity index (χ3n) is 4.36. The largest absolute Gasteiger partial charge is 0.493 e. The molecule has 0 amide bonds. The van der Waals surface area contributed by atoms with Crippen LogP contribution in [0.3, 0.4) is 0 Å². The molecule has 1 N–H and O–H groups in total. The predicted molar refractivity (Wildman–Crippen MR) is 107 cm³/mol. The predicted octanol–water partition coefficient (Wildman–Crippen LogP) is 4.58. The highest BCUT2D eigenvalue weighted by atomic mass is 16.5. The maximum atomic E-state index is 11.3. The van der Waals surface area contributed by atoms with Gasteiger partial charge in [-0.25, -0.2) is 0 Å². The van der Waals surface area contributed by atoms with E-state index in [2.05, 4.69) is 0 Å². The monoisotopic (exact) mass is 378 g/mol. The number of carbonyl (C=O) groups is 1. The number of carboxylic acids is 1. The summed E-state index contributed by atoms with van der Waals surface area (Å²) in [7, 11) is 3.17. The van der Waals surface area contributed by atoms with Crippen molar-refractivity contribution in [3.05, 3.63) is 77.9 Å². The summed E-state index contributed by atoms with van der Waals surface area (Å²) in [4.78, 5) is 11.3. The van der Waals surface area contributed by atoms with Gasteiger partial charge in [0, 0.05) is 5.56 Å². The van der Waals surface area contributed by atoms with Gasteiger partial charge in [0.2, 0.25) is 0 Å². The Morgan fingerprint density at radius 3 is 2.11 bits per heavy atom. The number of hydrogen-bond donors (Lipinski definition) is 1. The first kappa shape index (κ1) is 19.3. The fourth-order valence-corrected chi connectivity index (χ4v) is 2.95. The minimum absolute atomic E-state index is 0.120. The normalized spacial score (nSPS) is 10.4. The van der Waals surface area contributed by atoms with Crippen LogP contribution in [0, 0.1) is 0 Å². The van der Waals surface area contributed by atoms with Gasteiger partial charge in [-0.1, -0.05) is 42.5 Å². The number of aliphatic carboxylic acids is 1. The lowest BCUT2D eigenvalue weighted by Crippen LogP contribution is -2.04. The van der Waals surface area contributed by atoms with Crippen LogP contribution < -0.4 is 14.2 Å². The van der Waals surface area contributed by atoms with E-state index >= 15 is 0 Å². The van der Waals surface area contributed by atoms with Gasteiger partial charge >= 0.3 is 5.97 Å². The molecule has 0 unspecified atom stereocenters. The van der Waals surface area contributed by atoms with Crippen LogP contribution in [0.2, 0.25) is 0 Å². The lowest BCUT2D eigenvalue weighted by Gasteiger charge is -2.14. The van der Waals surface area contributed by atoms with Crippen LogP contribution in [0.4, 0.5) is 0 Å². The number of benzene rings is 3. The zero-order chi connectivity index (χ0) is 19.9. The van der Waals surface area contributed by atoms with Gasteiger partial charge in [-0.2, -0.15) is 0 Å². The second-order valence-electron chi connectivity index (χ2n) is 6.24. The molecule has 0 heterocycles. The van der Waals surface area contributed by atoms with Gasteiger partial charge in [0.05, 0.1) is 20.6 Å². The van der Waals surface area contributed by atoms with Crippen molar-refractivity contribution in [1.82, 2.24) is 0 Å². The minimum Gasteiger partial charge on any atom is -0.493 e. The average Bonchev–Trinajstić information content (AvgIpc) is 2.72. The summed E-state index contributed by atoms with van der Waals surface area (Å²) >= 11 is 0. The first-order valence-electron chi connectivity index (χ1n) is 8.84. The van der Waals surface area contributed by atoms with Crippen molar-refractivity contribution in [2.24, 2.45) is 0 Å². The van der Waals surface area contributed by atoms with E-state index in [9.17, 15) is 9.90 Å². The van der Waals surface area contributed by atoms with Gasteiger partial charge in [0.25, 0.3) is 0 Å². The van der Waals surface area contributed by atoms with Crippen molar-refractivity contribution in [3.63, 3.8) is 0 Å². The summed E-state index contributed by atoms with van der Waals surface area (Å²) in [6.45, 7) is 0.378. The van der Waals surface area contributed by atoms with E-state index in [1.807, 2.05) is 66.7 Å². The zero-order valence-electron chi connectivity index (χ0n) is 15.8. The SMILES string of the molecule is COc1ccc(-c2ccc(OCc3ccccc3)c(CC(=O)O)c2)cc1OC. The number of hydrogen-bond acceptors (Lipinski definition) is 4. The van der Waals surface area contributed by atoms with Crippen molar-refractivity contribution in [1.29, 1.82) is 0 Å². The molecule has 3 aromatic carbocycles. The van der Waals surface area contributed by atoms with E-state index in [4.69, 9.17) is 14.2 Å². The topological polar surface area (TPSA) is 65.0 Å². The van der Waals surface area contributed by atoms with Crippen LogP contribution in [0.5, 0.6) is 17.2 Å². The first-order chi connectivity index (χ1) is 13.6.